The number of hydrogen-bond donors (Lipinski definition) is 2. The first-order valence-electron chi connectivity index (χ1n) is 4.75. The Hall–Kier alpha value is -1.90. The van der Waals surface area contributed by atoms with E-state index in [1.54, 1.807) is 24.3 Å². The highest BCUT2D eigenvalue weighted by atomic mass is 16.5. The van der Waals surface area contributed by atoms with E-state index in [0.717, 1.165) is 0 Å². The molecule has 0 spiro atoms. The van der Waals surface area contributed by atoms with Crippen LogP contribution >= 0.6 is 0 Å². The number of ether oxygens (including phenoxy) is 1. The Balaban J connectivity index is 2.66. The van der Waals surface area contributed by atoms with Crippen LogP contribution in [0.1, 0.15) is 5.56 Å². The van der Waals surface area contributed by atoms with E-state index in [2.05, 4.69) is 5.32 Å². The number of nitriles is 1. The Morgan fingerprint density at radius 3 is 2.62 bits per heavy atom. The first-order valence-corrected chi connectivity index (χ1v) is 4.75. The maximum Gasteiger partial charge on any atom is 0.254 e. The fourth-order valence-electron chi connectivity index (χ4n) is 1.16. The van der Waals surface area contributed by atoms with Gasteiger partial charge in [-0.1, -0.05) is 0 Å². The molecule has 0 aliphatic rings. The highest BCUT2D eigenvalue weighted by Crippen LogP contribution is 2.09. The molecule has 0 radical (unpaired) electrons. The highest BCUT2D eigenvalue weighted by molar-refractivity contribution is 5.94. The SMILES string of the molecule is COC(CN)C(=O)Nc1ccc(C#N)cc1. The number of carbonyl (C=O) groups excluding carboxylic acids is 1. The molecular formula is C11H13N3O2. The summed E-state index contributed by atoms with van der Waals surface area (Å²) in [6.45, 7) is 0.124. The summed E-state index contributed by atoms with van der Waals surface area (Å²) in [5, 5.41) is 11.2. The van der Waals surface area contributed by atoms with Crippen molar-refractivity contribution in [2.75, 3.05) is 19.0 Å². The minimum absolute atomic E-state index is 0.124. The molecule has 16 heavy (non-hydrogen) atoms. The van der Waals surface area contributed by atoms with Crippen LogP contribution in [0.3, 0.4) is 0 Å². The van der Waals surface area contributed by atoms with Gasteiger partial charge in [0.2, 0.25) is 0 Å². The Morgan fingerprint density at radius 2 is 2.19 bits per heavy atom. The lowest BCUT2D eigenvalue weighted by molar-refractivity contribution is -0.125. The molecule has 0 aromatic heterocycles. The molecule has 1 unspecified atom stereocenters. The lowest BCUT2D eigenvalue weighted by atomic mass is 10.2. The standard InChI is InChI=1S/C11H13N3O2/c1-16-10(7-13)11(15)14-9-4-2-8(6-12)3-5-9/h2-5,10H,7,13H2,1H3,(H,14,15). The molecule has 5 nitrogen and oxygen atoms in total. The van der Waals surface area contributed by atoms with Crippen LogP contribution in [0.5, 0.6) is 0 Å². The monoisotopic (exact) mass is 219 g/mol. The topological polar surface area (TPSA) is 88.1 Å². The van der Waals surface area contributed by atoms with Crippen LogP contribution in [0.25, 0.3) is 0 Å². The number of anilines is 1. The Bertz CT molecular complexity index is 391. The van der Waals surface area contributed by atoms with Crippen LogP contribution in [0, 0.1) is 11.3 Å². The van der Waals surface area contributed by atoms with E-state index < -0.39 is 6.10 Å². The van der Waals surface area contributed by atoms with Crippen molar-refractivity contribution in [3.05, 3.63) is 29.8 Å². The molecule has 5 heteroatoms. The van der Waals surface area contributed by atoms with Gasteiger partial charge in [-0.3, -0.25) is 4.79 Å². The predicted molar refractivity (Wildman–Crippen MR) is 59.6 cm³/mol. The quantitative estimate of drug-likeness (QED) is 0.770. The molecule has 1 amide bonds. The molecule has 0 saturated heterocycles. The zero-order valence-corrected chi connectivity index (χ0v) is 8.93. The molecule has 1 aromatic rings. The van der Waals surface area contributed by atoms with Gasteiger partial charge < -0.3 is 15.8 Å². The number of methoxy groups -OCH3 is 1. The fraction of sp³-hybridized carbons (Fsp3) is 0.273. The predicted octanol–water partition coefficient (Wildman–Crippen LogP) is 0.470. The average Bonchev–Trinajstić information content (AvgIpc) is 2.31. The molecule has 1 atom stereocenters. The average molecular weight is 219 g/mol. The smallest absolute Gasteiger partial charge is 0.254 e. The third kappa shape index (κ3) is 3.05. The van der Waals surface area contributed by atoms with Gasteiger partial charge in [-0.25, -0.2) is 0 Å². The number of hydrogen-bond acceptors (Lipinski definition) is 4. The molecule has 0 saturated carbocycles. The van der Waals surface area contributed by atoms with Gasteiger partial charge in [-0.2, -0.15) is 5.26 Å². The second-order valence-corrected chi connectivity index (χ2v) is 3.14. The molecule has 0 heterocycles. The summed E-state index contributed by atoms with van der Waals surface area (Å²) in [4.78, 5) is 11.5. The number of nitrogens with one attached hydrogen (secondary N) is 1. The van der Waals surface area contributed by atoms with Gasteiger partial charge in [-0.15, -0.1) is 0 Å². The van der Waals surface area contributed by atoms with Crippen molar-refractivity contribution in [3.63, 3.8) is 0 Å². The largest absolute Gasteiger partial charge is 0.370 e. The van der Waals surface area contributed by atoms with Gasteiger partial charge in [0.1, 0.15) is 6.10 Å². The molecule has 0 fully saturated rings. The van der Waals surface area contributed by atoms with E-state index in [1.165, 1.54) is 7.11 Å². The van der Waals surface area contributed by atoms with Gasteiger partial charge in [-0.05, 0) is 24.3 Å². The summed E-state index contributed by atoms with van der Waals surface area (Å²) < 4.78 is 4.89. The summed E-state index contributed by atoms with van der Waals surface area (Å²) in [5.41, 5.74) is 6.51. The number of amides is 1. The fourth-order valence-corrected chi connectivity index (χ4v) is 1.16. The summed E-state index contributed by atoms with van der Waals surface area (Å²) in [6.07, 6.45) is -0.657. The minimum Gasteiger partial charge on any atom is -0.370 e. The van der Waals surface area contributed by atoms with E-state index in [4.69, 9.17) is 15.7 Å². The third-order valence-electron chi connectivity index (χ3n) is 2.07. The summed E-state index contributed by atoms with van der Waals surface area (Å²) in [5.74, 6) is -0.297. The van der Waals surface area contributed by atoms with Crippen molar-refractivity contribution < 1.29 is 9.53 Å². The van der Waals surface area contributed by atoms with E-state index in [0.29, 0.717) is 11.3 Å². The van der Waals surface area contributed by atoms with Gasteiger partial charge >= 0.3 is 0 Å². The first-order chi connectivity index (χ1) is 7.71. The van der Waals surface area contributed by atoms with Crippen LogP contribution in [0.4, 0.5) is 5.69 Å². The number of benzene rings is 1. The van der Waals surface area contributed by atoms with E-state index in [-0.39, 0.29) is 12.5 Å². The van der Waals surface area contributed by atoms with Crippen LogP contribution in [-0.4, -0.2) is 25.7 Å². The first kappa shape index (κ1) is 12.2. The summed E-state index contributed by atoms with van der Waals surface area (Å²) in [7, 11) is 1.43. The zero-order chi connectivity index (χ0) is 12.0. The molecule has 3 N–H and O–H groups in total. The maximum atomic E-state index is 11.5. The van der Waals surface area contributed by atoms with Crippen LogP contribution in [-0.2, 0) is 9.53 Å². The molecule has 84 valence electrons. The van der Waals surface area contributed by atoms with Crippen LogP contribution in [0.2, 0.25) is 0 Å². The highest BCUT2D eigenvalue weighted by Gasteiger charge is 2.15. The Kier molecular flexibility index (Phi) is 4.45. The molecule has 1 rings (SSSR count). The van der Waals surface area contributed by atoms with Crippen LogP contribution < -0.4 is 11.1 Å². The van der Waals surface area contributed by atoms with Crippen molar-refractivity contribution in [1.29, 1.82) is 5.26 Å². The number of nitrogens with two attached hydrogens (primary N) is 1. The number of carbonyl (C=O) groups is 1. The van der Waals surface area contributed by atoms with Crippen molar-refractivity contribution in [3.8, 4) is 6.07 Å². The maximum absolute atomic E-state index is 11.5. The third-order valence-corrected chi connectivity index (χ3v) is 2.07. The molecular weight excluding hydrogens is 206 g/mol. The lowest BCUT2D eigenvalue weighted by Crippen LogP contribution is -2.35. The second kappa shape index (κ2) is 5.85. The van der Waals surface area contributed by atoms with E-state index in [1.807, 2.05) is 6.07 Å². The van der Waals surface area contributed by atoms with E-state index >= 15 is 0 Å². The van der Waals surface area contributed by atoms with E-state index in [9.17, 15) is 4.79 Å². The van der Waals surface area contributed by atoms with Gasteiger partial charge in [0.05, 0.1) is 11.6 Å². The molecule has 0 aliphatic heterocycles. The number of nitrogens with zero attached hydrogens (tertiary/aromatic N) is 1. The van der Waals surface area contributed by atoms with Gasteiger partial charge in [0, 0.05) is 19.3 Å². The van der Waals surface area contributed by atoms with Crippen molar-refractivity contribution in [2.45, 2.75) is 6.10 Å². The summed E-state index contributed by atoms with van der Waals surface area (Å²) >= 11 is 0. The summed E-state index contributed by atoms with van der Waals surface area (Å²) in [6, 6.07) is 8.55. The van der Waals surface area contributed by atoms with Crippen molar-refractivity contribution in [2.24, 2.45) is 5.73 Å². The zero-order valence-electron chi connectivity index (χ0n) is 8.93. The minimum atomic E-state index is -0.657. The Labute approximate surface area is 93.8 Å². The van der Waals surface area contributed by atoms with Gasteiger partial charge in [0.15, 0.2) is 0 Å². The normalized spacial score (nSPS) is 11.6. The molecule has 1 aromatic carbocycles. The number of rotatable bonds is 4. The van der Waals surface area contributed by atoms with Crippen LogP contribution in [0.15, 0.2) is 24.3 Å². The lowest BCUT2D eigenvalue weighted by Gasteiger charge is -2.12. The second-order valence-electron chi connectivity index (χ2n) is 3.14. The Morgan fingerprint density at radius 1 is 1.56 bits per heavy atom. The van der Waals surface area contributed by atoms with Crippen molar-refractivity contribution in [1.82, 2.24) is 0 Å². The molecule has 0 aliphatic carbocycles. The van der Waals surface area contributed by atoms with Crippen molar-refractivity contribution >= 4 is 11.6 Å². The van der Waals surface area contributed by atoms with Gasteiger partial charge in [0.25, 0.3) is 5.91 Å². The molecule has 0 bridgehead atoms.